The van der Waals surface area contributed by atoms with Crippen LogP contribution in [0.1, 0.15) is 38.4 Å². The molecule has 1 aliphatic rings. The third kappa shape index (κ3) is 5.97. The summed E-state index contributed by atoms with van der Waals surface area (Å²) in [5, 5.41) is 0. The zero-order valence-corrected chi connectivity index (χ0v) is 18.4. The van der Waals surface area contributed by atoms with Gasteiger partial charge in [-0.05, 0) is 51.0 Å². The van der Waals surface area contributed by atoms with Crippen LogP contribution in [0, 0.1) is 5.92 Å². The van der Waals surface area contributed by atoms with Crippen LogP contribution in [-0.4, -0.2) is 43.1 Å². The number of thioether (sulfide) groups is 1. The summed E-state index contributed by atoms with van der Waals surface area (Å²) in [6.07, 6.45) is 2.30. The first-order valence-electron chi connectivity index (χ1n) is 10.0. The van der Waals surface area contributed by atoms with Crippen LogP contribution in [0.2, 0.25) is 0 Å². The molecule has 1 fully saturated rings. The fraction of sp³-hybridized carbons (Fsp3) is 0.478. The quantitative estimate of drug-likeness (QED) is 0.312. The van der Waals surface area contributed by atoms with Crippen molar-refractivity contribution in [2.24, 2.45) is 5.92 Å². The summed E-state index contributed by atoms with van der Waals surface area (Å²) in [4.78, 5) is 26.2. The molecule has 3 rings (SSSR count). The van der Waals surface area contributed by atoms with Gasteiger partial charge in [0.1, 0.15) is 11.7 Å². The Morgan fingerprint density at radius 1 is 1.17 bits per heavy atom. The third-order valence-corrected chi connectivity index (χ3v) is 6.19. The molecular formula is C23H28O6S. The molecule has 1 unspecified atom stereocenters. The van der Waals surface area contributed by atoms with Crippen LogP contribution in [0.25, 0.3) is 0 Å². The van der Waals surface area contributed by atoms with Gasteiger partial charge in [-0.1, -0.05) is 18.2 Å². The summed E-state index contributed by atoms with van der Waals surface area (Å²) in [6, 6.07) is 13.4. The van der Waals surface area contributed by atoms with Crippen molar-refractivity contribution in [2.45, 2.75) is 49.4 Å². The number of Topliss-reactive ketones (excluding diaryl/α,β-unsaturated/α-hetero) is 1. The summed E-state index contributed by atoms with van der Waals surface area (Å²) in [6.45, 7) is 4.17. The van der Waals surface area contributed by atoms with E-state index in [9.17, 15) is 9.59 Å². The fourth-order valence-electron chi connectivity index (χ4n) is 3.60. The molecule has 1 aromatic heterocycles. The lowest BCUT2D eigenvalue weighted by Crippen LogP contribution is -2.30. The van der Waals surface area contributed by atoms with E-state index in [0.717, 1.165) is 10.7 Å². The molecule has 30 heavy (non-hydrogen) atoms. The van der Waals surface area contributed by atoms with Crippen molar-refractivity contribution in [2.75, 3.05) is 19.5 Å². The van der Waals surface area contributed by atoms with Crippen LogP contribution < -0.4 is 0 Å². The lowest BCUT2D eigenvalue weighted by molar-refractivity contribution is -0.150. The van der Waals surface area contributed by atoms with E-state index in [0.29, 0.717) is 19.4 Å². The van der Waals surface area contributed by atoms with Crippen molar-refractivity contribution in [3.63, 3.8) is 0 Å². The highest BCUT2D eigenvalue weighted by atomic mass is 32.2. The predicted molar refractivity (Wildman–Crippen MR) is 113 cm³/mol. The van der Waals surface area contributed by atoms with Gasteiger partial charge < -0.3 is 18.6 Å². The molecule has 0 saturated carbocycles. The Labute approximate surface area is 181 Å². The number of carbonyl (C=O) groups is 2. The smallest absolute Gasteiger partial charge is 0.316 e. The second-order valence-electron chi connectivity index (χ2n) is 7.71. The minimum absolute atomic E-state index is 0.122. The van der Waals surface area contributed by atoms with E-state index in [1.54, 1.807) is 6.26 Å². The molecule has 3 atom stereocenters. The van der Waals surface area contributed by atoms with Gasteiger partial charge in [0.05, 0.1) is 31.8 Å². The Kier molecular flexibility index (Phi) is 7.75. The Morgan fingerprint density at radius 3 is 2.53 bits per heavy atom. The maximum Gasteiger partial charge on any atom is 0.316 e. The number of hydrogen-bond acceptors (Lipinski definition) is 7. The number of rotatable bonds is 10. The summed E-state index contributed by atoms with van der Waals surface area (Å²) >= 11 is 1.42. The van der Waals surface area contributed by atoms with Crippen molar-refractivity contribution < 1.29 is 28.2 Å². The summed E-state index contributed by atoms with van der Waals surface area (Å²) < 4.78 is 22.3. The molecule has 0 aliphatic carbocycles. The van der Waals surface area contributed by atoms with Gasteiger partial charge in [0.2, 0.25) is 0 Å². The molecule has 0 N–H and O–H groups in total. The molecule has 0 bridgehead atoms. The van der Waals surface area contributed by atoms with E-state index in [-0.39, 0.29) is 23.6 Å². The first kappa shape index (κ1) is 22.6. The molecule has 162 valence electrons. The molecule has 6 nitrogen and oxygen atoms in total. The van der Waals surface area contributed by atoms with Gasteiger partial charge in [0.25, 0.3) is 0 Å². The number of ketones is 1. The highest BCUT2D eigenvalue weighted by molar-refractivity contribution is 8.00. The van der Waals surface area contributed by atoms with Crippen molar-refractivity contribution in [3.05, 3.63) is 54.5 Å². The molecule has 0 spiro atoms. The van der Waals surface area contributed by atoms with E-state index in [4.69, 9.17) is 18.6 Å². The molecule has 0 radical (unpaired) electrons. The Bertz CT molecular complexity index is 817. The molecule has 1 aromatic carbocycles. The number of hydrogen-bond donors (Lipinski definition) is 0. The zero-order chi connectivity index (χ0) is 21.6. The maximum absolute atomic E-state index is 12.8. The first-order chi connectivity index (χ1) is 14.4. The van der Waals surface area contributed by atoms with Crippen LogP contribution in [0.4, 0.5) is 0 Å². The van der Waals surface area contributed by atoms with Gasteiger partial charge in [0, 0.05) is 10.8 Å². The number of methoxy groups -OCH3 is 1. The van der Waals surface area contributed by atoms with Crippen LogP contribution in [0.5, 0.6) is 0 Å². The van der Waals surface area contributed by atoms with Crippen LogP contribution in [0.15, 0.2) is 58.0 Å². The maximum atomic E-state index is 12.8. The normalized spacial score (nSPS) is 19.9. The average molecular weight is 433 g/mol. The largest absolute Gasteiger partial charge is 0.469 e. The van der Waals surface area contributed by atoms with E-state index in [2.05, 4.69) is 0 Å². The van der Waals surface area contributed by atoms with E-state index in [1.807, 2.05) is 56.3 Å². The first-order valence-corrected chi connectivity index (χ1v) is 11.0. The summed E-state index contributed by atoms with van der Waals surface area (Å²) in [5.74, 6) is -1.28. The lowest BCUT2D eigenvalue weighted by Gasteiger charge is -2.24. The van der Waals surface area contributed by atoms with Gasteiger partial charge >= 0.3 is 5.97 Å². The minimum atomic E-state index is -0.820. The van der Waals surface area contributed by atoms with Gasteiger partial charge in [-0.15, -0.1) is 11.8 Å². The fourth-order valence-corrected chi connectivity index (χ4v) is 4.46. The van der Waals surface area contributed by atoms with Gasteiger partial charge in [0.15, 0.2) is 11.6 Å². The van der Waals surface area contributed by atoms with E-state index in [1.165, 1.54) is 18.9 Å². The molecule has 1 saturated heterocycles. The second-order valence-corrected chi connectivity index (χ2v) is 8.76. The number of ether oxygens (including phenoxy) is 3. The zero-order valence-electron chi connectivity index (χ0n) is 17.5. The van der Waals surface area contributed by atoms with Crippen molar-refractivity contribution in [3.8, 4) is 0 Å². The van der Waals surface area contributed by atoms with E-state index < -0.39 is 17.7 Å². The summed E-state index contributed by atoms with van der Waals surface area (Å²) in [7, 11) is 1.31. The Balaban J connectivity index is 1.66. The topological polar surface area (TPSA) is 75.0 Å². The van der Waals surface area contributed by atoms with Crippen LogP contribution >= 0.6 is 11.8 Å². The highest BCUT2D eigenvalue weighted by Gasteiger charge is 2.40. The van der Waals surface area contributed by atoms with Crippen molar-refractivity contribution >= 4 is 23.5 Å². The second kappa shape index (κ2) is 10.3. The Morgan fingerprint density at radius 2 is 1.93 bits per heavy atom. The standard InChI is InChI=1S/C23H28O6S/c1-23(2)28-14-21(29-23)18(20-10-7-13-27-20)12-11-17(22(25)26-3)19(24)15-30-16-8-5-4-6-9-16/h4-10,13,17-18,21H,11-12,14-15H2,1-3H3/t17?,18-,21+/m0/s1. The van der Waals surface area contributed by atoms with Crippen LogP contribution in [0.3, 0.4) is 0 Å². The molecule has 0 amide bonds. The highest BCUT2D eigenvalue weighted by Crippen LogP contribution is 2.36. The molecule has 2 aromatic rings. The number of esters is 1. The minimum Gasteiger partial charge on any atom is -0.469 e. The van der Waals surface area contributed by atoms with Gasteiger partial charge in [-0.25, -0.2) is 0 Å². The van der Waals surface area contributed by atoms with Crippen molar-refractivity contribution in [1.82, 2.24) is 0 Å². The third-order valence-electron chi connectivity index (χ3n) is 5.15. The van der Waals surface area contributed by atoms with Gasteiger partial charge in [-0.3, -0.25) is 9.59 Å². The number of furan rings is 1. The van der Waals surface area contributed by atoms with E-state index >= 15 is 0 Å². The van der Waals surface area contributed by atoms with Crippen LogP contribution in [-0.2, 0) is 23.8 Å². The van der Waals surface area contributed by atoms with Gasteiger partial charge in [-0.2, -0.15) is 0 Å². The SMILES string of the molecule is COC(=O)C(CC[C@@H](c1ccco1)[C@H]1COC(C)(C)O1)C(=O)CSc1ccccc1. The number of benzene rings is 1. The molecule has 2 heterocycles. The molecule has 1 aliphatic heterocycles. The number of carbonyl (C=O) groups excluding carboxylic acids is 2. The predicted octanol–water partition coefficient (Wildman–Crippen LogP) is 4.45. The monoisotopic (exact) mass is 432 g/mol. The molecule has 7 heteroatoms. The summed E-state index contributed by atoms with van der Waals surface area (Å²) in [5.41, 5.74) is 0. The Hall–Kier alpha value is -2.09. The van der Waals surface area contributed by atoms with Crippen molar-refractivity contribution in [1.29, 1.82) is 0 Å². The average Bonchev–Trinajstić information content (AvgIpc) is 3.39. The lowest BCUT2D eigenvalue weighted by atomic mass is 9.88. The molecular weight excluding hydrogens is 404 g/mol.